The third-order valence-electron chi connectivity index (χ3n) is 2.66. The van der Waals surface area contributed by atoms with E-state index in [2.05, 4.69) is 31.8 Å². The van der Waals surface area contributed by atoms with Gasteiger partial charge in [-0.25, -0.2) is 4.21 Å². The van der Waals surface area contributed by atoms with Gasteiger partial charge in [0.1, 0.15) is 0 Å². The van der Waals surface area contributed by atoms with Crippen molar-refractivity contribution in [1.82, 2.24) is 0 Å². The molecule has 0 aromatic heterocycles. The molecule has 0 amide bonds. The van der Waals surface area contributed by atoms with Crippen LogP contribution in [0.2, 0.25) is 19.6 Å². The van der Waals surface area contributed by atoms with Gasteiger partial charge in [-0.1, -0.05) is 49.1 Å². The lowest BCUT2D eigenvalue weighted by molar-refractivity contribution is 0.701. The van der Waals surface area contributed by atoms with E-state index >= 15 is 0 Å². The van der Waals surface area contributed by atoms with Gasteiger partial charge in [0.2, 0.25) is 0 Å². The fraction of sp³-hybridized carbons (Fsp3) is 0.250. The van der Waals surface area contributed by atoms with Gasteiger partial charge in [0.25, 0.3) is 0 Å². The first-order valence-corrected chi connectivity index (χ1v) is 9.27. The lowest BCUT2D eigenvalue weighted by atomic mass is 10.1. The van der Waals surface area contributed by atoms with E-state index in [-0.39, 0.29) is 0 Å². The van der Waals surface area contributed by atoms with E-state index in [9.17, 15) is 4.21 Å². The first-order valence-electron chi connectivity index (χ1n) is 5.03. The molecule has 1 aromatic carbocycles. The Morgan fingerprint density at radius 1 is 1.07 bits per heavy atom. The second-order valence-corrected chi connectivity index (χ2v) is 10.4. The average molecular weight is 234 g/mol. The number of rotatable bonds is 1. The van der Waals surface area contributed by atoms with E-state index in [4.69, 9.17) is 0 Å². The van der Waals surface area contributed by atoms with Gasteiger partial charge in [-0.3, -0.25) is 0 Å². The molecule has 1 aliphatic carbocycles. The van der Waals surface area contributed by atoms with Crippen LogP contribution >= 0.6 is 0 Å². The molecule has 0 bridgehead atoms. The summed E-state index contributed by atoms with van der Waals surface area (Å²) in [5.41, 5.74) is 2.39. The Kier molecular flexibility index (Phi) is 2.52. The molecule has 0 radical (unpaired) electrons. The highest BCUT2D eigenvalue weighted by Gasteiger charge is 2.28. The van der Waals surface area contributed by atoms with Crippen LogP contribution < -0.4 is 0 Å². The zero-order chi connectivity index (χ0) is 11.1. The van der Waals surface area contributed by atoms with Crippen molar-refractivity contribution in [2.24, 2.45) is 0 Å². The predicted molar refractivity (Wildman–Crippen MR) is 70.0 cm³/mol. The maximum Gasteiger partial charge on any atom is 0.0971 e. The fourth-order valence-electron chi connectivity index (χ4n) is 1.91. The molecule has 15 heavy (non-hydrogen) atoms. The van der Waals surface area contributed by atoms with Crippen molar-refractivity contribution in [1.29, 1.82) is 0 Å². The highest BCUT2D eigenvalue weighted by atomic mass is 32.1. The summed E-state index contributed by atoms with van der Waals surface area (Å²) in [4.78, 5) is 0.878. The van der Waals surface area contributed by atoms with Gasteiger partial charge in [-0.15, -0.1) is 0 Å². The van der Waals surface area contributed by atoms with Crippen molar-refractivity contribution in [3.63, 3.8) is 0 Å². The van der Waals surface area contributed by atoms with Gasteiger partial charge in [0.15, 0.2) is 0 Å². The second kappa shape index (κ2) is 3.58. The highest BCUT2D eigenvalue weighted by molar-refractivity contribution is 7.67. The van der Waals surface area contributed by atoms with E-state index in [1.807, 2.05) is 18.2 Å². The zero-order valence-electron chi connectivity index (χ0n) is 9.20. The molecule has 0 fully saturated rings. The first-order chi connectivity index (χ1) is 7.04. The molecule has 2 rings (SSSR count). The molecule has 0 aliphatic heterocycles. The normalized spacial score (nSPS) is 14.9. The molecule has 78 valence electrons. The van der Waals surface area contributed by atoms with E-state index in [0.29, 0.717) is 11.3 Å². The minimum absolute atomic E-state index is 0.607. The van der Waals surface area contributed by atoms with Crippen molar-refractivity contribution in [2.75, 3.05) is 0 Å². The Hall–Kier alpha value is -0.933. The van der Waals surface area contributed by atoms with Gasteiger partial charge >= 0.3 is 0 Å². The molecule has 0 saturated carbocycles. The van der Waals surface area contributed by atoms with E-state index in [0.717, 1.165) is 10.4 Å². The largest absolute Gasteiger partial charge is 0.212 e. The Labute approximate surface area is 94.9 Å². The average Bonchev–Trinajstić information content (AvgIpc) is 2.55. The lowest BCUT2D eigenvalue weighted by Crippen LogP contribution is -2.21. The van der Waals surface area contributed by atoms with E-state index in [1.54, 1.807) is 0 Å². The summed E-state index contributed by atoms with van der Waals surface area (Å²) in [6, 6.07) is 8.21. The molecule has 0 heterocycles. The molecular formula is C12H14OSSi. The third-order valence-corrected chi connectivity index (χ3v) is 5.20. The first kappa shape index (κ1) is 10.6. The van der Waals surface area contributed by atoms with Crippen LogP contribution in [0.5, 0.6) is 0 Å². The van der Waals surface area contributed by atoms with E-state index < -0.39 is 8.07 Å². The third kappa shape index (κ3) is 1.77. The van der Waals surface area contributed by atoms with Gasteiger partial charge in [-0.2, -0.15) is 0 Å². The summed E-state index contributed by atoms with van der Waals surface area (Å²) < 4.78 is 11.0. The second-order valence-electron chi connectivity index (χ2n) is 4.80. The molecule has 1 aromatic rings. The molecule has 0 saturated heterocycles. The van der Waals surface area contributed by atoms with Crippen LogP contribution in [-0.2, 0) is 11.3 Å². The van der Waals surface area contributed by atoms with Crippen LogP contribution in [0.25, 0.3) is 5.20 Å². The Balaban J connectivity index is 2.68. The number of allylic oxidation sites excluding steroid dienone is 1. The number of hydrogen-bond acceptors (Lipinski definition) is 1. The molecule has 0 atom stereocenters. The summed E-state index contributed by atoms with van der Waals surface area (Å²) in [6.45, 7) is 6.94. The summed E-state index contributed by atoms with van der Waals surface area (Å²) in [7, 11) is -1.35. The molecule has 0 N–H and O–H groups in total. The van der Waals surface area contributed by atoms with Crippen LogP contribution in [0.4, 0.5) is 0 Å². The summed E-state index contributed by atoms with van der Waals surface area (Å²) in [5.74, 6) is 0. The maximum absolute atomic E-state index is 11.0. The van der Waals surface area contributed by atoms with E-state index in [1.165, 1.54) is 10.8 Å². The van der Waals surface area contributed by atoms with Crippen molar-refractivity contribution in [3.05, 3.63) is 41.5 Å². The van der Waals surface area contributed by atoms with Crippen LogP contribution in [0, 0.1) is 0 Å². The smallest absolute Gasteiger partial charge is 0.0971 e. The highest BCUT2D eigenvalue weighted by Crippen LogP contribution is 2.33. The van der Waals surface area contributed by atoms with Gasteiger partial charge in [0.05, 0.1) is 24.2 Å². The van der Waals surface area contributed by atoms with Crippen LogP contribution in [-0.4, -0.2) is 17.1 Å². The molecular weight excluding hydrogens is 220 g/mol. The van der Waals surface area contributed by atoms with Gasteiger partial charge in [-0.05, 0) is 11.6 Å². The van der Waals surface area contributed by atoms with Crippen LogP contribution in [0.1, 0.15) is 11.1 Å². The van der Waals surface area contributed by atoms with Crippen molar-refractivity contribution < 1.29 is 4.21 Å². The fourth-order valence-corrected chi connectivity index (χ4v) is 4.05. The Morgan fingerprint density at radius 3 is 2.20 bits per heavy atom. The standard InChI is InChI=1S/C12H14OSSi/c1-15(2,3)12-8-11(14-13)9-6-4-5-7-10(9)12/h4-8H,1-3H3. The molecule has 0 unspecified atom stereocenters. The SMILES string of the molecule is C[Si](C)(C)C1=CC(=S=O)c2ccccc21. The molecule has 0 spiro atoms. The summed E-state index contributed by atoms with van der Waals surface area (Å²) >= 11 is 0.607. The van der Waals surface area contributed by atoms with Crippen molar-refractivity contribution in [3.8, 4) is 0 Å². The predicted octanol–water partition coefficient (Wildman–Crippen LogP) is 2.69. The van der Waals surface area contributed by atoms with Crippen LogP contribution in [0.15, 0.2) is 30.3 Å². The topological polar surface area (TPSA) is 17.1 Å². The van der Waals surface area contributed by atoms with Crippen molar-refractivity contribution >= 4 is 29.4 Å². The molecule has 3 heteroatoms. The van der Waals surface area contributed by atoms with Crippen molar-refractivity contribution in [2.45, 2.75) is 19.6 Å². The monoisotopic (exact) mass is 234 g/mol. The number of benzene rings is 1. The van der Waals surface area contributed by atoms with Gasteiger partial charge in [0, 0.05) is 5.56 Å². The Morgan fingerprint density at radius 2 is 1.67 bits per heavy atom. The molecule has 1 nitrogen and oxygen atoms in total. The van der Waals surface area contributed by atoms with Gasteiger partial charge < -0.3 is 0 Å². The minimum Gasteiger partial charge on any atom is -0.212 e. The number of fused-ring (bicyclic) bond motifs is 1. The summed E-state index contributed by atoms with van der Waals surface area (Å²) in [5, 5.41) is 1.40. The Bertz CT molecular complexity index is 491. The lowest BCUT2D eigenvalue weighted by Gasteiger charge is -2.18. The minimum atomic E-state index is -1.35. The number of hydrogen-bond donors (Lipinski definition) is 0. The summed E-state index contributed by atoms with van der Waals surface area (Å²) in [6.07, 6.45) is 2.09. The zero-order valence-corrected chi connectivity index (χ0v) is 11.0. The quantitative estimate of drug-likeness (QED) is 0.539. The van der Waals surface area contributed by atoms with Crippen LogP contribution in [0.3, 0.4) is 0 Å². The molecule has 1 aliphatic rings. The maximum atomic E-state index is 11.0.